The molecule has 0 saturated heterocycles. The Labute approximate surface area is 140 Å². The van der Waals surface area contributed by atoms with Gasteiger partial charge in [-0.1, -0.05) is 31.9 Å². The molecule has 23 heavy (non-hydrogen) atoms. The summed E-state index contributed by atoms with van der Waals surface area (Å²) < 4.78 is 2.37. The Kier molecular flexibility index (Phi) is 5.86. The number of rotatable bonds is 7. The average Bonchev–Trinajstić information content (AvgIpc) is 2.77. The van der Waals surface area contributed by atoms with E-state index >= 15 is 0 Å². The number of nitrogens with one attached hydrogen (secondary N) is 1. The summed E-state index contributed by atoms with van der Waals surface area (Å²) in [6.07, 6.45) is 3.78. The largest absolute Gasteiger partial charge is 0.354 e. The molecule has 1 aromatic carbocycles. The van der Waals surface area contributed by atoms with Crippen molar-refractivity contribution in [2.24, 2.45) is 0 Å². The van der Waals surface area contributed by atoms with Crippen LogP contribution in [0.25, 0.3) is 10.9 Å². The van der Waals surface area contributed by atoms with Gasteiger partial charge in [0, 0.05) is 35.6 Å². The molecule has 0 radical (unpaired) electrons. The van der Waals surface area contributed by atoms with Crippen LogP contribution in [0.2, 0.25) is 0 Å². The Morgan fingerprint density at radius 1 is 1.26 bits per heavy atom. The third kappa shape index (κ3) is 3.95. The molecule has 0 saturated carbocycles. The van der Waals surface area contributed by atoms with Crippen molar-refractivity contribution in [1.29, 1.82) is 0 Å². The molecule has 3 nitrogen and oxygen atoms in total. The molecule has 0 atom stereocenters. The summed E-state index contributed by atoms with van der Waals surface area (Å²) >= 11 is 0. The fraction of sp³-hybridized carbons (Fsp3) is 0.550. The van der Waals surface area contributed by atoms with Gasteiger partial charge in [0.25, 0.3) is 0 Å². The third-order valence-electron chi connectivity index (χ3n) is 4.29. The molecule has 2 rings (SSSR count). The summed E-state index contributed by atoms with van der Waals surface area (Å²) in [7, 11) is 0. The maximum Gasteiger partial charge on any atom is 0.221 e. The van der Waals surface area contributed by atoms with E-state index in [0.717, 1.165) is 25.8 Å². The SMILES string of the molecule is CCCc1c(CC)c2cc(C)ccc2n1CCC(=O)NC(C)C. The summed E-state index contributed by atoms with van der Waals surface area (Å²) in [6.45, 7) is 11.4. The second kappa shape index (κ2) is 7.67. The topological polar surface area (TPSA) is 34.0 Å². The number of benzene rings is 1. The molecule has 1 heterocycles. The van der Waals surface area contributed by atoms with Gasteiger partial charge >= 0.3 is 0 Å². The van der Waals surface area contributed by atoms with Gasteiger partial charge in [0.2, 0.25) is 5.91 Å². The van der Waals surface area contributed by atoms with Crippen molar-refractivity contribution < 1.29 is 4.79 Å². The maximum atomic E-state index is 12.0. The van der Waals surface area contributed by atoms with Crippen molar-refractivity contribution in [2.75, 3.05) is 0 Å². The molecule has 1 amide bonds. The summed E-state index contributed by atoms with van der Waals surface area (Å²) in [5.74, 6) is 0.134. The first-order valence-corrected chi connectivity index (χ1v) is 8.87. The summed E-state index contributed by atoms with van der Waals surface area (Å²) in [6, 6.07) is 6.87. The zero-order chi connectivity index (χ0) is 17.0. The van der Waals surface area contributed by atoms with Gasteiger partial charge in [0.15, 0.2) is 0 Å². The third-order valence-corrected chi connectivity index (χ3v) is 4.29. The second-order valence-corrected chi connectivity index (χ2v) is 6.67. The van der Waals surface area contributed by atoms with E-state index in [1.165, 1.54) is 27.7 Å². The van der Waals surface area contributed by atoms with E-state index in [-0.39, 0.29) is 11.9 Å². The van der Waals surface area contributed by atoms with Gasteiger partial charge in [0.05, 0.1) is 0 Å². The van der Waals surface area contributed by atoms with Gasteiger partial charge in [-0.15, -0.1) is 0 Å². The number of hydrogen-bond acceptors (Lipinski definition) is 1. The van der Waals surface area contributed by atoms with Crippen LogP contribution in [-0.4, -0.2) is 16.5 Å². The lowest BCUT2D eigenvalue weighted by molar-refractivity contribution is -0.121. The van der Waals surface area contributed by atoms with E-state index in [4.69, 9.17) is 0 Å². The number of nitrogens with zero attached hydrogens (tertiary/aromatic N) is 1. The van der Waals surface area contributed by atoms with Crippen LogP contribution >= 0.6 is 0 Å². The van der Waals surface area contributed by atoms with E-state index in [2.05, 4.69) is 48.9 Å². The first-order valence-electron chi connectivity index (χ1n) is 8.87. The Morgan fingerprint density at radius 3 is 2.61 bits per heavy atom. The van der Waals surface area contributed by atoms with Crippen molar-refractivity contribution in [2.45, 2.75) is 72.9 Å². The van der Waals surface area contributed by atoms with Gasteiger partial charge < -0.3 is 9.88 Å². The van der Waals surface area contributed by atoms with Crippen LogP contribution in [0, 0.1) is 6.92 Å². The number of aromatic nitrogens is 1. The summed E-state index contributed by atoms with van der Waals surface area (Å²) in [4.78, 5) is 12.0. The predicted octanol–water partition coefficient (Wildman–Crippen LogP) is 4.38. The number of carbonyl (C=O) groups excluding carboxylic acids is 1. The average molecular weight is 314 g/mol. The van der Waals surface area contributed by atoms with E-state index in [1.54, 1.807) is 0 Å². The molecule has 0 spiro atoms. The minimum absolute atomic E-state index is 0.134. The maximum absolute atomic E-state index is 12.0. The van der Waals surface area contributed by atoms with Crippen molar-refractivity contribution in [3.05, 3.63) is 35.0 Å². The van der Waals surface area contributed by atoms with Gasteiger partial charge in [-0.25, -0.2) is 0 Å². The van der Waals surface area contributed by atoms with Crippen molar-refractivity contribution >= 4 is 16.8 Å². The summed E-state index contributed by atoms with van der Waals surface area (Å²) in [5.41, 5.74) is 5.43. The van der Waals surface area contributed by atoms with Gasteiger partial charge in [-0.2, -0.15) is 0 Å². The quantitative estimate of drug-likeness (QED) is 0.808. The lowest BCUT2D eigenvalue weighted by Crippen LogP contribution is -2.30. The molecule has 0 aliphatic carbocycles. The van der Waals surface area contributed by atoms with Crippen LogP contribution in [0.5, 0.6) is 0 Å². The number of fused-ring (bicyclic) bond motifs is 1. The molecular formula is C20H30N2O. The van der Waals surface area contributed by atoms with Crippen LogP contribution in [0.15, 0.2) is 18.2 Å². The van der Waals surface area contributed by atoms with Crippen molar-refractivity contribution in [3.63, 3.8) is 0 Å². The predicted molar refractivity (Wildman–Crippen MR) is 97.9 cm³/mol. The molecule has 0 bridgehead atoms. The standard InChI is InChI=1S/C20H30N2O/c1-6-8-18-16(7-2)17-13-15(5)9-10-19(17)22(18)12-11-20(23)21-14(3)4/h9-10,13-14H,6-8,11-12H2,1-5H3,(H,21,23). The highest BCUT2D eigenvalue weighted by molar-refractivity contribution is 5.86. The van der Waals surface area contributed by atoms with Crippen molar-refractivity contribution in [1.82, 2.24) is 9.88 Å². The lowest BCUT2D eigenvalue weighted by atomic mass is 10.0. The highest BCUT2D eigenvalue weighted by atomic mass is 16.1. The molecule has 3 heteroatoms. The van der Waals surface area contributed by atoms with E-state index in [0.29, 0.717) is 6.42 Å². The van der Waals surface area contributed by atoms with Crippen LogP contribution in [0.1, 0.15) is 57.4 Å². The Balaban J connectivity index is 2.40. The van der Waals surface area contributed by atoms with E-state index < -0.39 is 0 Å². The zero-order valence-electron chi connectivity index (χ0n) is 15.2. The van der Waals surface area contributed by atoms with Gasteiger partial charge in [0.1, 0.15) is 0 Å². The van der Waals surface area contributed by atoms with Gasteiger partial charge in [-0.3, -0.25) is 4.79 Å². The normalized spacial score (nSPS) is 11.4. The number of amides is 1. The highest BCUT2D eigenvalue weighted by Crippen LogP contribution is 2.29. The fourth-order valence-corrected chi connectivity index (χ4v) is 3.37. The second-order valence-electron chi connectivity index (χ2n) is 6.67. The first-order chi connectivity index (χ1) is 11.0. The molecule has 1 aromatic heterocycles. The lowest BCUT2D eigenvalue weighted by Gasteiger charge is -2.13. The molecule has 0 aliphatic heterocycles. The number of aryl methyl sites for hydroxylation is 3. The first kappa shape index (κ1) is 17.6. The minimum atomic E-state index is 0.134. The fourth-order valence-electron chi connectivity index (χ4n) is 3.37. The Hall–Kier alpha value is -1.77. The molecule has 1 N–H and O–H groups in total. The van der Waals surface area contributed by atoms with E-state index in [9.17, 15) is 4.79 Å². The molecule has 0 fully saturated rings. The molecule has 126 valence electrons. The Bertz CT molecular complexity index is 682. The molecular weight excluding hydrogens is 284 g/mol. The van der Waals surface area contributed by atoms with Crippen molar-refractivity contribution in [3.8, 4) is 0 Å². The molecule has 2 aromatic rings. The number of hydrogen-bond donors (Lipinski definition) is 1. The zero-order valence-corrected chi connectivity index (χ0v) is 15.2. The minimum Gasteiger partial charge on any atom is -0.354 e. The Morgan fingerprint density at radius 2 is 2.00 bits per heavy atom. The van der Waals surface area contributed by atoms with Crippen LogP contribution in [-0.2, 0) is 24.2 Å². The smallest absolute Gasteiger partial charge is 0.221 e. The monoisotopic (exact) mass is 314 g/mol. The van der Waals surface area contributed by atoms with Crippen LogP contribution < -0.4 is 5.32 Å². The van der Waals surface area contributed by atoms with Gasteiger partial charge in [-0.05, 0) is 51.3 Å². The highest BCUT2D eigenvalue weighted by Gasteiger charge is 2.16. The molecule has 0 unspecified atom stereocenters. The van der Waals surface area contributed by atoms with Crippen LogP contribution in [0.4, 0.5) is 0 Å². The van der Waals surface area contributed by atoms with Crippen LogP contribution in [0.3, 0.4) is 0 Å². The number of carbonyl (C=O) groups is 1. The van der Waals surface area contributed by atoms with E-state index in [1.807, 2.05) is 13.8 Å². The molecule has 0 aliphatic rings. The summed E-state index contributed by atoms with van der Waals surface area (Å²) in [5, 5.41) is 4.35.